The summed E-state index contributed by atoms with van der Waals surface area (Å²) < 4.78 is 4.17. The van der Waals surface area contributed by atoms with E-state index >= 15 is 0 Å². The maximum atomic E-state index is 14.7. The summed E-state index contributed by atoms with van der Waals surface area (Å²) in [7, 11) is 0. The number of carbonyl (C=O) groups excluding carboxylic acids is 2. The van der Waals surface area contributed by atoms with Gasteiger partial charge in [0.25, 0.3) is 0 Å². The van der Waals surface area contributed by atoms with Crippen molar-refractivity contribution in [1.82, 2.24) is 15.0 Å². The highest BCUT2D eigenvalue weighted by atomic mass is 32.1. The lowest BCUT2D eigenvalue weighted by molar-refractivity contribution is -0.168. The minimum Gasteiger partial charge on any atom is -0.481 e. The third kappa shape index (κ3) is 17.4. The average molecular weight is 974 g/mol. The van der Waals surface area contributed by atoms with Gasteiger partial charge in [-0.3, -0.25) is 28.8 Å². The largest absolute Gasteiger partial charge is 0.481 e. The molecule has 0 spiro atoms. The number of hydrogen-bond acceptors (Lipinski definition) is 12. The van der Waals surface area contributed by atoms with Crippen molar-refractivity contribution < 1.29 is 49.2 Å². The van der Waals surface area contributed by atoms with Gasteiger partial charge < -0.3 is 36.0 Å². The SMILES string of the molecule is CCCCCCCCCCCCNC(=O)C(C(C(=O)O)C(C)C(=O)O)C(C(=O)O)C(C(=O)NCCN(CCC)c1ccc(/N=N/c2snc(C)c2C#N)c(C)c1)C(CC(C)c1ccccc1)C(=O)O. The lowest BCUT2D eigenvalue weighted by atomic mass is 9.65. The Bertz CT molecular complexity index is 2230. The molecule has 0 aliphatic rings. The molecule has 0 aliphatic heterocycles. The fourth-order valence-electron chi connectivity index (χ4n) is 8.82. The number of unbranched alkanes of at least 4 members (excludes halogenated alkanes) is 9. The fraction of sp³-hybridized carbons (Fsp3) is 0.569. The molecule has 1 heterocycles. The molecule has 18 heteroatoms. The summed E-state index contributed by atoms with van der Waals surface area (Å²) in [5.41, 5.74) is 3.66. The minimum absolute atomic E-state index is 0.0285. The molecule has 69 heavy (non-hydrogen) atoms. The number of hydrogen-bond donors (Lipinski definition) is 6. The molecule has 7 unspecified atom stereocenters. The molecule has 0 bridgehead atoms. The molecule has 0 fully saturated rings. The van der Waals surface area contributed by atoms with Crippen molar-refractivity contribution in [3.05, 3.63) is 70.9 Å². The first kappa shape index (κ1) is 57.1. The van der Waals surface area contributed by atoms with Crippen molar-refractivity contribution in [3.8, 4) is 6.07 Å². The zero-order chi connectivity index (χ0) is 51.0. The topological polar surface area (TPSA) is 272 Å². The van der Waals surface area contributed by atoms with Crippen LogP contribution in [-0.2, 0) is 28.8 Å². The third-order valence-corrected chi connectivity index (χ3v) is 13.6. The summed E-state index contributed by atoms with van der Waals surface area (Å²) in [5, 5.41) is 66.5. The van der Waals surface area contributed by atoms with Crippen LogP contribution < -0.4 is 15.5 Å². The van der Waals surface area contributed by atoms with Crippen molar-refractivity contribution in [2.24, 2.45) is 45.7 Å². The second-order valence-corrected chi connectivity index (χ2v) is 18.6. The molecule has 376 valence electrons. The summed E-state index contributed by atoms with van der Waals surface area (Å²) >= 11 is 1.07. The van der Waals surface area contributed by atoms with E-state index in [0.717, 1.165) is 68.2 Å². The normalized spacial score (nSPS) is 14.4. The summed E-state index contributed by atoms with van der Waals surface area (Å²) in [5.74, 6) is -21.6. The van der Waals surface area contributed by atoms with Gasteiger partial charge in [-0.05, 0) is 79.9 Å². The quantitative estimate of drug-likeness (QED) is 0.0245. The molecular weight excluding hydrogens is 903 g/mol. The molecule has 0 saturated carbocycles. The van der Waals surface area contributed by atoms with E-state index in [0.29, 0.717) is 46.9 Å². The molecule has 2 amide bonds. The van der Waals surface area contributed by atoms with Gasteiger partial charge in [0.05, 0.1) is 46.9 Å². The number of amides is 2. The van der Waals surface area contributed by atoms with Crippen LogP contribution in [0.1, 0.15) is 133 Å². The number of anilines is 1. The van der Waals surface area contributed by atoms with Crippen LogP contribution in [0.25, 0.3) is 0 Å². The van der Waals surface area contributed by atoms with E-state index in [1.807, 2.05) is 30.9 Å². The van der Waals surface area contributed by atoms with E-state index in [1.165, 1.54) is 19.3 Å². The van der Waals surface area contributed by atoms with Crippen molar-refractivity contribution in [3.63, 3.8) is 0 Å². The van der Waals surface area contributed by atoms with E-state index in [-0.39, 0.29) is 26.1 Å². The Morgan fingerprint density at radius 3 is 1.84 bits per heavy atom. The predicted molar refractivity (Wildman–Crippen MR) is 264 cm³/mol. The standard InChI is InChI=1S/C51H71N7O10S/c1-7-9-10-11-12-13-14-15-16-20-25-53-46(60)43(41(50(65)66)34(5)48(61)62)44(51(67)68)42(38(49(63)64)30-32(3)36-21-18-17-19-22-36)45(59)54-26-28-58(27-8-2)37-23-24-40(33(4)29-37)55-56-47-39(31-52)35(6)57-69-47/h17-19,21-24,29,32,34,38,41-44H,7-16,20,25-28,30H2,1-6H3,(H,53,60)(H,54,59)(H,61,62)(H,63,64)(H,65,66)(H,67,68)/b56-55+. The molecule has 2 aromatic carbocycles. The van der Waals surface area contributed by atoms with E-state index in [1.54, 1.807) is 50.2 Å². The van der Waals surface area contributed by atoms with E-state index in [4.69, 9.17) is 0 Å². The Balaban J connectivity index is 2.00. The fourth-order valence-corrected chi connectivity index (χ4v) is 9.50. The highest BCUT2D eigenvalue weighted by Gasteiger charge is 2.54. The van der Waals surface area contributed by atoms with Crippen LogP contribution in [-0.4, -0.2) is 86.7 Å². The Kier molecular flexibility index (Phi) is 24.5. The number of carboxylic acid groups (broad SMARTS) is 4. The van der Waals surface area contributed by atoms with Crippen LogP contribution in [0.15, 0.2) is 58.8 Å². The number of nitrogens with one attached hydrogen (secondary N) is 2. The molecule has 3 rings (SSSR count). The zero-order valence-corrected chi connectivity index (χ0v) is 41.7. The lowest BCUT2D eigenvalue weighted by Gasteiger charge is -2.37. The third-order valence-electron chi connectivity index (χ3n) is 12.7. The van der Waals surface area contributed by atoms with Gasteiger partial charge in [0, 0.05) is 31.9 Å². The van der Waals surface area contributed by atoms with Gasteiger partial charge in [-0.2, -0.15) is 9.64 Å². The maximum absolute atomic E-state index is 14.7. The predicted octanol–water partition coefficient (Wildman–Crippen LogP) is 9.67. The molecule has 0 aliphatic carbocycles. The Morgan fingerprint density at radius 2 is 1.29 bits per heavy atom. The van der Waals surface area contributed by atoms with Crippen LogP contribution in [0.3, 0.4) is 0 Å². The smallest absolute Gasteiger partial charge is 0.308 e. The van der Waals surface area contributed by atoms with Crippen LogP contribution >= 0.6 is 11.5 Å². The van der Waals surface area contributed by atoms with Crippen molar-refractivity contribution in [2.75, 3.05) is 31.1 Å². The molecule has 0 saturated heterocycles. The van der Waals surface area contributed by atoms with Gasteiger partial charge in [0.2, 0.25) is 11.8 Å². The van der Waals surface area contributed by atoms with E-state index in [2.05, 4.69) is 38.2 Å². The lowest BCUT2D eigenvalue weighted by Crippen LogP contribution is -2.55. The van der Waals surface area contributed by atoms with E-state index in [9.17, 15) is 54.5 Å². The van der Waals surface area contributed by atoms with Crippen LogP contribution in [0.5, 0.6) is 0 Å². The van der Waals surface area contributed by atoms with E-state index < -0.39 is 77.1 Å². The van der Waals surface area contributed by atoms with Gasteiger partial charge in [-0.25, -0.2) is 0 Å². The highest BCUT2D eigenvalue weighted by molar-refractivity contribution is 7.10. The molecular formula is C51H71N7O10S. The molecule has 3 aromatic rings. The number of aromatic nitrogens is 1. The Labute approximate surface area is 410 Å². The number of azo groups is 1. The first-order valence-electron chi connectivity index (χ1n) is 24.1. The number of carboxylic acids is 4. The van der Waals surface area contributed by atoms with Gasteiger partial charge in [-0.15, -0.1) is 10.2 Å². The summed E-state index contributed by atoms with van der Waals surface area (Å²) in [6.45, 7) is 11.1. The second kappa shape index (κ2) is 29.6. The average Bonchev–Trinajstić information content (AvgIpc) is 3.68. The van der Waals surface area contributed by atoms with Crippen LogP contribution in [0, 0.1) is 60.7 Å². The molecule has 6 N–H and O–H groups in total. The number of carbonyl (C=O) groups is 6. The summed E-state index contributed by atoms with van der Waals surface area (Å²) in [4.78, 5) is 83.7. The van der Waals surface area contributed by atoms with Crippen molar-refractivity contribution in [1.29, 1.82) is 5.26 Å². The number of nitriles is 1. The number of rotatable bonds is 33. The maximum Gasteiger partial charge on any atom is 0.308 e. The van der Waals surface area contributed by atoms with Crippen molar-refractivity contribution in [2.45, 2.75) is 125 Å². The van der Waals surface area contributed by atoms with Crippen molar-refractivity contribution >= 4 is 63.6 Å². The monoisotopic (exact) mass is 973 g/mol. The number of aliphatic carboxylic acids is 4. The van der Waals surface area contributed by atoms with Crippen LogP contribution in [0.4, 0.5) is 16.4 Å². The molecule has 17 nitrogen and oxygen atoms in total. The van der Waals surface area contributed by atoms with Gasteiger partial charge in [0.15, 0.2) is 5.00 Å². The molecule has 0 radical (unpaired) electrons. The Hall–Kier alpha value is -6.22. The first-order valence-corrected chi connectivity index (χ1v) is 24.9. The summed E-state index contributed by atoms with van der Waals surface area (Å²) in [6.07, 6.45) is 10.4. The minimum atomic E-state index is -2.28. The Morgan fingerprint density at radius 1 is 0.696 bits per heavy atom. The molecule has 7 atom stereocenters. The number of aryl methyl sites for hydroxylation is 2. The molecule has 1 aromatic heterocycles. The summed E-state index contributed by atoms with van der Waals surface area (Å²) in [6, 6.07) is 16.3. The van der Waals surface area contributed by atoms with Gasteiger partial charge >= 0.3 is 23.9 Å². The second-order valence-electron chi connectivity index (χ2n) is 17.9. The van der Waals surface area contributed by atoms with Gasteiger partial charge in [-0.1, -0.05) is 116 Å². The first-order chi connectivity index (χ1) is 33.0. The number of benzene rings is 2. The van der Waals surface area contributed by atoms with Crippen LogP contribution in [0.2, 0.25) is 0 Å². The number of nitrogens with zero attached hydrogens (tertiary/aromatic N) is 5. The zero-order valence-electron chi connectivity index (χ0n) is 40.9. The van der Waals surface area contributed by atoms with Gasteiger partial charge in [0.1, 0.15) is 11.6 Å². The highest BCUT2D eigenvalue weighted by Crippen LogP contribution is 2.40.